The average molecular weight is 300 g/mol. The maximum atomic E-state index is 10.8. The smallest absolute Gasteiger partial charge is 0.320 e. The summed E-state index contributed by atoms with van der Waals surface area (Å²) in [6.07, 6.45) is 0.147. The molecule has 0 aliphatic carbocycles. The van der Waals surface area contributed by atoms with Crippen molar-refractivity contribution in [1.29, 1.82) is 0 Å². The van der Waals surface area contributed by atoms with Crippen molar-refractivity contribution in [2.24, 2.45) is 11.1 Å². The molecule has 1 unspecified atom stereocenters. The summed E-state index contributed by atoms with van der Waals surface area (Å²) in [5.41, 5.74) is 6.09. The Balaban J connectivity index is 2.26. The molecule has 0 saturated heterocycles. The Morgan fingerprint density at radius 1 is 1.40 bits per heavy atom. The first-order chi connectivity index (χ1) is 9.28. The molecule has 1 aromatic rings. The summed E-state index contributed by atoms with van der Waals surface area (Å²) >= 11 is 6.15. The fourth-order valence-electron chi connectivity index (χ4n) is 1.87. The van der Waals surface area contributed by atoms with Crippen molar-refractivity contribution >= 4 is 17.6 Å². The Hall–Kier alpha value is -1.46. The molecule has 1 aromatic carbocycles. The van der Waals surface area contributed by atoms with Gasteiger partial charge in [0.25, 0.3) is 0 Å². The highest BCUT2D eigenvalue weighted by Crippen LogP contribution is 2.37. The highest BCUT2D eigenvalue weighted by atomic mass is 35.5. The molecule has 0 aromatic heterocycles. The van der Waals surface area contributed by atoms with E-state index in [1.165, 1.54) is 0 Å². The Labute approximate surface area is 122 Å². The van der Waals surface area contributed by atoms with Gasteiger partial charge in [-0.2, -0.15) is 0 Å². The lowest BCUT2D eigenvalue weighted by Gasteiger charge is -2.19. The fraction of sp³-hybridized carbons (Fsp3) is 0.500. The number of carbonyl (C=O) groups is 1. The van der Waals surface area contributed by atoms with Crippen molar-refractivity contribution in [3.05, 3.63) is 22.7 Å². The molecule has 5 nitrogen and oxygen atoms in total. The number of carboxylic acid groups (broad SMARTS) is 1. The minimum Gasteiger partial charge on any atom is -0.489 e. The van der Waals surface area contributed by atoms with Crippen molar-refractivity contribution in [1.82, 2.24) is 0 Å². The van der Waals surface area contributed by atoms with Crippen LogP contribution in [-0.2, 0) is 11.2 Å². The summed E-state index contributed by atoms with van der Waals surface area (Å²) in [5, 5.41) is 9.30. The number of rotatable bonds is 3. The maximum Gasteiger partial charge on any atom is 0.320 e. The Kier molecular flexibility index (Phi) is 4.11. The highest BCUT2D eigenvalue weighted by Gasteiger charge is 2.26. The lowest BCUT2D eigenvalue weighted by atomic mass is 9.97. The van der Waals surface area contributed by atoms with Crippen LogP contribution in [0, 0.1) is 5.41 Å². The van der Waals surface area contributed by atoms with E-state index in [-0.39, 0.29) is 11.8 Å². The number of aliphatic carboxylic acids is 1. The SMILES string of the molecule is CC1(C)COc2cc(Cl)c(CC(N)C(=O)O)cc2OC1. The third-order valence-corrected chi connectivity index (χ3v) is 3.46. The number of hydrogen-bond donors (Lipinski definition) is 2. The first-order valence-corrected chi connectivity index (χ1v) is 6.73. The van der Waals surface area contributed by atoms with Crippen LogP contribution in [0.15, 0.2) is 12.1 Å². The number of ether oxygens (including phenoxy) is 2. The van der Waals surface area contributed by atoms with Crippen LogP contribution in [0.5, 0.6) is 11.5 Å². The van der Waals surface area contributed by atoms with E-state index in [1.807, 2.05) is 13.8 Å². The molecular weight excluding hydrogens is 282 g/mol. The van der Waals surface area contributed by atoms with E-state index in [2.05, 4.69) is 0 Å². The van der Waals surface area contributed by atoms with Gasteiger partial charge in [-0.25, -0.2) is 0 Å². The van der Waals surface area contributed by atoms with Gasteiger partial charge in [-0.15, -0.1) is 0 Å². The van der Waals surface area contributed by atoms with Crippen molar-refractivity contribution in [3.63, 3.8) is 0 Å². The summed E-state index contributed by atoms with van der Waals surface area (Å²) in [5.74, 6) is 0.0927. The largest absolute Gasteiger partial charge is 0.489 e. The van der Waals surface area contributed by atoms with Crippen LogP contribution in [0.1, 0.15) is 19.4 Å². The normalized spacial score (nSPS) is 18.2. The van der Waals surface area contributed by atoms with Crippen molar-refractivity contribution in [2.75, 3.05) is 13.2 Å². The number of halogens is 1. The summed E-state index contributed by atoms with van der Waals surface area (Å²) in [4.78, 5) is 10.8. The predicted octanol–water partition coefficient (Wildman–Crippen LogP) is 2.09. The van der Waals surface area contributed by atoms with Gasteiger partial charge in [-0.05, 0) is 18.1 Å². The molecule has 0 saturated carbocycles. The van der Waals surface area contributed by atoms with Crippen LogP contribution in [0.25, 0.3) is 0 Å². The van der Waals surface area contributed by atoms with Gasteiger partial charge in [-0.1, -0.05) is 25.4 Å². The Morgan fingerprint density at radius 2 is 1.95 bits per heavy atom. The highest BCUT2D eigenvalue weighted by molar-refractivity contribution is 6.31. The summed E-state index contributed by atoms with van der Waals surface area (Å²) in [6.45, 7) is 5.14. The second kappa shape index (κ2) is 5.50. The van der Waals surface area contributed by atoms with Gasteiger partial charge in [-0.3, -0.25) is 4.79 Å². The van der Waals surface area contributed by atoms with Crippen LogP contribution in [0.4, 0.5) is 0 Å². The molecular formula is C14H18ClNO4. The van der Waals surface area contributed by atoms with Crippen molar-refractivity contribution < 1.29 is 19.4 Å². The quantitative estimate of drug-likeness (QED) is 0.893. The zero-order valence-electron chi connectivity index (χ0n) is 11.5. The molecule has 3 N–H and O–H groups in total. The number of fused-ring (bicyclic) bond motifs is 1. The van der Waals surface area contributed by atoms with Gasteiger partial charge in [0.05, 0.1) is 13.2 Å². The molecule has 0 fully saturated rings. The van der Waals surface area contributed by atoms with Crippen molar-refractivity contribution in [3.8, 4) is 11.5 Å². The lowest BCUT2D eigenvalue weighted by molar-refractivity contribution is -0.138. The van der Waals surface area contributed by atoms with Gasteiger partial charge in [0, 0.05) is 16.5 Å². The van der Waals surface area contributed by atoms with E-state index in [0.29, 0.717) is 35.3 Å². The Morgan fingerprint density at radius 3 is 2.50 bits per heavy atom. The van der Waals surface area contributed by atoms with Crippen LogP contribution in [0.3, 0.4) is 0 Å². The van der Waals surface area contributed by atoms with E-state index < -0.39 is 12.0 Å². The number of nitrogens with two attached hydrogens (primary N) is 1. The van der Waals surface area contributed by atoms with E-state index in [4.69, 9.17) is 31.9 Å². The van der Waals surface area contributed by atoms with Gasteiger partial charge in [0.2, 0.25) is 0 Å². The first kappa shape index (κ1) is 14.9. The van der Waals surface area contributed by atoms with Gasteiger partial charge < -0.3 is 20.3 Å². The molecule has 0 radical (unpaired) electrons. The third kappa shape index (κ3) is 3.35. The minimum atomic E-state index is -1.06. The molecule has 110 valence electrons. The van der Waals surface area contributed by atoms with E-state index in [0.717, 1.165) is 0 Å². The van der Waals surface area contributed by atoms with Crippen LogP contribution in [-0.4, -0.2) is 30.3 Å². The molecule has 1 heterocycles. The first-order valence-electron chi connectivity index (χ1n) is 6.35. The zero-order chi connectivity index (χ0) is 14.9. The molecule has 1 atom stereocenters. The number of benzene rings is 1. The molecule has 0 amide bonds. The third-order valence-electron chi connectivity index (χ3n) is 3.11. The number of carboxylic acids is 1. The fourth-order valence-corrected chi connectivity index (χ4v) is 2.10. The molecule has 2 rings (SSSR count). The molecule has 0 spiro atoms. The molecule has 6 heteroatoms. The summed E-state index contributed by atoms with van der Waals surface area (Å²) < 4.78 is 11.4. The van der Waals surface area contributed by atoms with E-state index >= 15 is 0 Å². The topological polar surface area (TPSA) is 81.8 Å². The molecule has 20 heavy (non-hydrogen) atoms. The minimum absolute atomic E-state index is 0.0941. The monoisotopic (exact) mass is 299 g/mol. The molecule has 1 aliphatic rings. The summed E-state index contributed by atoms with van der Waals surface area (Å²) in [7, 11) is 0. The summed E-state index contributed by atoms with van der Waals surface area (Å²) in [6, 6.07) is 2.37. The van der Waals surface area contributed by atoms with Gasteiger partial charge in [0.15, 0.2) is 11.5 Å². The average Bonchev–Trinajstić information content (AvgIpc) is 2.50. The maximum absolute atomic E-state index is 10.8. The van der Waals surface area contributed by atoms with E-state index in [9.17, 15) is 4.79 Å². The van der Waals surface area contributed by atoms with Crippen LogP contribution < -0.4 is 15.2 Å². The van der Waals surface area contributed by atoms with Gasteiger partial charge >= 0.3 is 5.97 Å². The van der Waals surface area contributed by atoms with E-state index in [1.54, 1.807) is 12.1 Å². The standard InChI is InChI=1S/C14H18ClNO4/c1-14(2)6-19-11-4-8(3-10(16)13(17)18)9(15)5-12(11)20-7-14/h4-5,10H,3,6-7,16H2,1-2H3,(H,17,18). The predicted molar refractivity (Wildman–Crippen MR) is 75.5 cm³/mol. The second-order valence-electron chi connectivity index (χ2n) is 5.78. The zero-order valence-corrected chi connectivity index (χ0v) is 12.2. The van der Waals surface area contributed by atoms with Crippen LogP contribution >= 0.6 is 11.6 Å². The number of hydrogen-bond acceptors (Lipinski definition) is 4. The lowest BCUT2D eigenvalue weighted by Crippen LogP contribution is -2.32. The molecule has 0 bridgehead atoms. The second-order valence-corrected chi connectivity index (χ2v) is 6.19. The van der Waals surface area contributed by atoms with Crippen molar-refractivity contribution in [2.45, 2.75) is 26.3 Å². The van der Waals surface area contributed by atoms with Crippen LogP contribution in [0.2, 0.25) is 5.02 Å². The van der Waals surface area contributed by atoms with Gasteiger partial charge in [0.1, 0.15) is 6.04 Å². The Bertz CT molecular complexity index is 530. The molecule has 1 aliphatic heterocycles.